The number of carbonyl (C=O) groups excluding carboxylic acids is 2. The van der Waals surface area contributed by atoms with Gasteiger partial charge in [0.1, 0.15) is 0 Å². The van der Waals surface area contributed by atoms with Crippen molar-refractivity contribution in [1.29, 1.82) is 0 Å². The fraction of sp³-hybridized carbons (Fsp3) is 0.375. The average Bonchev–Trinajstić information content (AvgIpc) is 2.88. The molecular formula is C16H19N2O4-. The molecule has 1 amide bonds. The predicted octanol–water partition coefficient (Wildman–Crippen LogP) is 0.106. The second kappa shape index (κ2) is 7.09. The van der Waals surface area contributed by atoms with E-state index in [1.54, 1.807) is 0 Å². The number of rotatable bonds is 7. The van der Waals surface area contributed by atoms with Crippen molar-refractivity contribution in [3.05, 3.63) is 36.0 Å². The van der Waals surface area contributed by atoms with Crippen LogP contribution in [-0.4, -0.2) is 34.1 Å². The minimum atomic E-state index is -1.49. The Morgan fingerprint density at radius 1 is 1.36 bits per heavy atom. The van der Waals surface area contributed by atoms with Crippen LogP contribution in [0.25, 0.3) is 10.9 Å². The van der Waals surface area contributed by atoms with Gasteiger partial charge in [0.2, 0.25) is 5.91 Å². The van der Waals surface area contributed by atoms with Gasteiger partial charge in [-0.25, -0.2) is 0 Å². The zero-order chi connectivity index (χ0) is 16.1. The van der Waals surface area contributed by atoms with E-state index in [0.29, 0.717) is 12.8 Å². The number of carbonyl (C=O) groups is 2. The Morgan fingerprint density at radius 2 is 2.09 bits per heavy atom. The Bertz CT molecular complexity index is 663. The lowest BCUT2D eigenvalue weighted by atomic mass is 10.1. The van der Waals surface area contributed by atoms with Crippen LogP contribution >= 0.6 is 0 Å². The fourth-order valence-corrected chi connectivity index (χ4v) is 2.40. The summed E-state index contributed by atoms with van der Waals surface area (Å²) >= 11 is 0. The smallest absolute Gasteiger partial charge is 0.220 e. The van der Waals surface area contributed by atoms with Crippen LogP contribution in [0, 0.1) is 0 Å². The molecule has 0 fully saturated rings. The number of amides is 1. The Hall–Kier alpha value is -2.34. The summed E-state index contributed by atoms with van der Waals surface area (Å²) in [6, 6.07) is 6.53. The monoisotopic (exact) mass is 303 g/mol. The molecule has 2 rings (SSSR count). The number of benzene rings is 1. The van der Waals surface area contributed by atoms with Crippen LogP contribution in [0.4, 0.5) is 0 Å². The third kappa shape index (κ3) is 3.85. The van der Waals surface area contributed by atoms with Gasteiger partial charge in [-0.05, 0) is 31.4 Å². The van der Waals surface area contributed by atoms with Gasteiger partial charge in [0.15, 0.2) is 0 Å². The van der Waals surface area contributed by atoms with E-state index in [9.17, 15) is 19.8 Å². The molecule has 0 bridgehead atoms. The normalized spacial score (nSPS) is 13.7. The quantitative estimate of drug-likeness (QED) is 0.675. The number of aromatic nitrogens is 1. The number of hydrogen-bond acceptors (Lipinski definition) is 4. The number of fused-ring (bicyclic) bond motifs is 1. The molecule has 0 unspecified atom stereocenters. The van der Waals surface area contributed by atoms with Gasteiger partial charge in [0.05, 0.1) is 18.1 Å². The molecule has 0 aliphatic rings. The van der Waals surface area contributed by atoms with Crippen LogP contribution in [0.15, 0.2) is 30.5 Å². The lowest BCUT2D eigenvalue weighted by Gasteiger charge is -2.22. The van der Waals surface area contributed by atoms with Crippen molar-refractivity contribution >= 4 is 22.8 Å². The molecule has 1 aromatic carbocycles. The van der Waals surface area contributed by atoms with Gasteiger partial charge in [-0.15, -0.1) is 0 Å². The van der Waals surface area contributed by atoms with Crippen molar-refractivity contribution in [1.82, 2.24) is 10.3 Å². The number of aliphatic hydroxyl groups excluding tert-OH is 1. The third-order valence-electron chi connectivity index (χ3n) is 3.58. The number of hydrogen-bond donors (Lipinski definition) is 3. The highest BCUT2D eigenvalue weighted by Crippen LogP contribution is 2.19. The van der Waals surface area contributed by atoms with Crippen molar-refractivity contribution in [3.8, 4) is 0 Å². The van der Waals surface area contributed by atoms with E-state index in [-0.39, 0.29) is 6.42 Å². The summed E-state index contributed by atoms with van der Waals surface area (Å²) in [6.07, 6.45) is 2.22. The zero-order valence-electron chi connectivity index (χ0n) is 12.3. The van der Waals surface area contributed by atoms with Crippen LogP contribution < -0.4 is 10.4 Å². The lowest BCUT2D eigenvalue weighted by Crippen LogP contribution is -2.53. The number of carboxylic acids is 1. The Kier molecular flexibility index (Phi) is 5.16. The third-order valence-corrected chi connectivity index (χ3v) is 3.58. The summed E-state index contributed by atoms with van der Waals surface area (Å²) in [4.78, 5) is 25.7. The Balaban J connectivity index is 1.85. The Morgan fingerprint density at radius 3 is 2.77 bits per heavy atom. The number of nitrogens with one attached hydrogen (secondary N) is 2. The van der Waals surface area contributed by atoms with Crippen molar-refractivity contribution in [2.24, 2.45) is 0 Å². The summed E-state index contributed by atoms with van der Waals surface area (Å²) in [7, 11) is 0. The van der Waals surface area contributed by atoms with Crippen LogP contribution in [0.2, 0.25) is 0 Å². The van der Waals surface area contributed by atoms with E-state index < -0.39 is 24.0 Å². The predicted molar refractivity (Wildman–Crippen MR) is 79.9 cm³/mol. The summed E-state index contributed by atoms with van der Waals surface area (Å²) < 4.78 is 0. The van der Waals surface area contributed by atoms with E-state index >= 15 is 0 Å². The van der Waals surface area contributed by atoms with E-state index in [1.165, 1.54) is 6.92 Å². The van der Waals surface area contributed by atoms with Crippen molar-refractivity contribution in [2.45, 2.75) is 38.3 Å². The van der Waals surface area contributed by atoms with Crippen LogP contribution in [0.1, 0.15) is 25.3 Å². The highest BCUT2D eigenvalue weighted by atomic mass is 16.4. The van der Waals surface area contributed by atoms with Gasteiger partial charge in [-0.2, -0.15) is 0 Å². The molecule has 0 aliphatic heterocycles. The molecule has 0 aliphatic carbocycles. The molecule has 0 spiro atoms. The molecule has 6 heteroatoms. The molecule has 3 N–H and O–H groups in total. The first kappa shape index (κ1) is 16.0. The topological polar surface area (TPSA) is 105 Å². The van der Waals surface area contributed by atoms with Crippen molar-refractivity contribution < 1.29 is 19.8 Å². The zero-order valence-corrected chi connectivity index (χ0v) is 12.3. The molecule has 0 saturated carbocycles. The van der Waals surface area contributed by atoms with Crippen molar-refractivity contribution in [2.75, 3.05) is 0 Å². The van der Waals surface area contributed by atoms with Crippen LogP contribution in [0.3, 0.4) is 0 Å². The first-order chi connectivity index (χ1) is 10.5. The molecule has 1 aromatic heterocycles. The first-order valence-corrected chi connectivity index (χ1v) is 7.22. The number of H-pyrrole nitrogens is 1. The highest BCUT2D eigenvalue weighted by molar-refractivity contribution is 5.84. The average molecular weight is 303 g/mol. The van der Waals surface area contributed by atoms with Gasteiger partial charge in [-0.1, -0.05) is 18.2 Å². The summed E-state index contributed by atoms with van der Waals surface area (Å²) in [6.45, 7) is 1.30. The summed E-state index contributed by atoms with van der Waals surface area (Å²) in [5, 5.41) is 23.5. The van der Waals surface area contributed by atoms with Gasteiger partial charge in [-0.3, -0.25) is 4.79 Å². The van der Waals surface area contributed by atoms with Gasteiger partial charge < -0.3 is 25.3 Å². The Labute approximate surface area is 128 Å². The SMILES string of the molecule is C[C@H](O)[C@@H](NC(=O)CCCc1c[nH]c2ccccc12)C(=O)[O-]. The second-order valence-corrected chi connectivity index (χ2v) is 5.32. The van der Waals surface area contributed by atoms with E-state index in [0.717, 1.165) is 16.5 Å². The first-order valence-electron chi connectivity index (χ1n) is 7.22. The molecule has 118 valence electrons. The molecule has 0 saturated heterocycles. The number of aliphatic carboxylic acids is 1. The number of aromatic amines is 1. The fourth-order valence-electron chi connectivity index (χ4n) is 2.40. The molecule has 2 atom stereocenters. The van der Waals surface area contributed by atoms with Gasteiger partial charge >= 0.3 is 0 Å². The van der Waals surface area contributed by atoms with E-state index in [1.807, 2.05) is 30.5 Å². The highest BCUT2D eigenvalue weighted by Gasteiger charge is 2.18. The maximum Gasteiger partial charge on any atom is 0.220 e. The van der Waals surface area contributed by atoms with Gasteiger partial charge in [0, 0.05) is 23.5 Å². The van der Waals surface area contributed by atoms with E-state index in [2.05, 4.69) is 10.3 Å². The standard InChI is InChI=1S/C16H20N2O4/c1-10(19)15(16(21)22)18-14(20)8-4-5-11-9-17-13-7-3-2-6-12(11)13/h2-3,6-7,9-10,15,17,19H,4-5,8H2,1H3,(H,18,20)(H,21,22)/p-1/t10-,15+/m0/s1. The molecule has 1 heterocycles. The molecule has 0 radical (unpaired) electrons. The number of aryl methyl sites for hydroxylation is 1. The minimum absolute atomic E-state index is 0.190. The number of para-hydroxylation sites is 1. The molecule has 6 nitrogen and oxygen atoms in total. The minimum Gasteiger partial charge on any atom is -0.548 e. The van der Waals surface area contributed by atoms with Crippen molar-refractivity contribution in [3.63, 3.8) is 0 Å². The number of carboxylic acid groups (broad SMARTS) is 1. The van der Waals surface area contributed by atoms with E-state index in [4.69, 9.17) is 0 Å². The van der Waals surface area contributed by atoms with Crippen LogP contribution in [-0.2, 0) is 16.0 Å². The summed E-state index contributed by atoms with van der Waals surface area (Å²) in [5.74, 6) is -1.89. The largest absolute Gasteiger partial charge is 0.548 e. The lowest BCUT2D eigenvalue weighted by molar-refractivity contribution is -0.310. The molecular weight excluding hydrogens is 284 g/mol. The maximum absolute atomic E-state index is 11.7. The molecule has 22 heavy (non-hydrogen) atoms. The number of aliphatic hydroxyl groups is 1. The summed E-state index contributed by atoms with van der Waals surface area (Å²) in [5.41, 5.74) is 2.17. The molecule has 2 aromatic rings. The maximum atomic E-state index is 11.7. The second-order valence-electron chi connectivity index (χ2n) is 5.32. The van der Waals surface area contributed by atoms with Crippen LogP contribution in [0.5, 0.6) is 0 Å². The van der Waals surface area contributed by atoms with Gasteiger partial charge in [0.25, 0.3) is 0 Å².